The minimum Gasteiger partial charge on any atom is -0.497 e. The molecule has 134 valence electrons. The maximum Gasteiger partial charge on any atom is 0.291 e. The van der Waals surface area contributed by atoms with Crippen molar-refractivity contribution in [3.05, 3.63) is 40.1 Å². The van der Waals surface area contributed by atoms with E-state index in [2.05, 4.69) is 42.3 Å². The van der Waals surface area contributed by atoms with Crippen molar-refractivity contribution >= 4 is 33.4 Å². The highest BCUT2D eigenvalue weighted by Crippen LogP contribution is 2.25. The van der Waals surface area contributed by atoms with Crippen LogP contribution in [0.15, 0.2) is 28.7 Å². The Morgan fingerprint density at radius 2 is 1.92 bits per heavy atom. The second-order valence-electron chi connectivity index (χ2n) is 5.54. The number of anilines is 1. The molecule has 2 rings (SSSR count). The molecule has 0 unspecified atom stereocenters. The summed E-state index contributed by atoms with van der Waals surface area (Å²) in [5, 5.41) is 9.71. The van der Waals surface area contributed by atoms with Gasteiger partial charge in [0.1, 0.15) is 5.75 Å². The Morgan fingerprint density at radius 3 is 2.48 bits per heavy atom. The van der Waals surface area contributed by atoms with Gasteiger partial charge in [-0.15, -0.1) is 0 Å². The zero-order chi connectivity index (χ0) is 18.4. The summed E-state index contributed by atoms with van der Waals surface area (Å²) >= 11 is 3.34. The quantitative estimate of drug-likeness (QED) is 0.546. The lowest BCUT2D eigenvalue weighted by Crippen LogP contribution is -2.44. The SMILES string of the molecule is COc1ccc(NCC(=O)NNC(=O)c2n[nH]c(C(C)C)c2Br)cc1. The van der Waals surface area contributed by atoms with Crippen LogP contribution in [0.3, 0.4) is 0 Å². The molecule has 0 atom stereocenters. The van der Waals surface area contributed by atoms with Crippen LogP contribution in [-0.2, 0) is 4.79 Å². The Balaban J connectivity index is 1.82. The number of hydrazine groups is 1. The number of methoxy groups -OCH3 is 1. The van der Waals surface area contributed by atoms with Gasteiger partial charge in [-0.25, -0.2) is 0 Å². The van der Waals surface area contributed by atoms with Gasteiger partial charge in [-0.3, -0.25) is 25.5 Å². The van der Waals surface area contributed by atoms with Crippen molar-refractivity contribution in [2.75, 3.05) is 19.0 Å². The maximum atomic E-state index is 12.1. The molecule has 0 aliphatic carbocycles. The van der Waals surface area contributed by atoms with Gasteiger partial charge in [0.25, 0.3) is 11.8 Å². The van der Waals surface area contributed by atoms with E-state index in [1.54, 1.807) is 31.4 Å². The molecular formula is C16H20BrN5O3. The predicted octanol–water partition coefficient (Wildman–Crippen LogP) is 2.18. The average molecular weight is 410 g/mol. The summed E-state index contributed by atoms with van der Waals surface area (Å²) in [6.07, 6.45) is 0. The lowest BCUT2D eigenvalue weighted by atomic mass is 10.1. The first-order chi connectivity index (χ1) is 11.9. The van der Waals surface area contributed by atoms with Crippen molar-refractivity contribution in [1.82, 2.24) is 21.0 Å². The molecule has 1 aromatic heterocycles. The van der Waals surface area contributed by atoms with Crippen LogP contribution in [0.1, 0.15) is 35.9 Å². The van der Waals surface area contributed by atoms with E-state index >= 15 is 0 Å². The predicted molar refractivity (Wildman–Crippen MR) is 97.5 cm³/mol. The fraction of sp³-hybridized carbons (Fsp3) is 0.312. The normalized spacial score (nSPS) is 10.4. The zero-order valence-electron chi connectivity index (χ0n) is 14.1. The number of amides is 2. The van der Waals surface area contributed by atoms with Crippen LogP contribution in [-0.4, -0.2) is 35.7 Å². The Morgan fingerprint density at radius 1 is 1.24 bits per heavy atom. The second kappa shape index (κ2) is 8.52. The number of halogens is 1. The highest BCUT2D eigenvalue weighted by atomic mass is 79.9. The van der Waals surface area contributed by atoms with Gasteiger partial charge < -0.3 is 10.1 Å². The number of nitrogens with zero attached hydrogens (tertiary/aromatic N) is 1. The van der Waals surface area contributed by atoms with E-state index in [4.69, 9.17) is 4.74 Å². The van der Waals surface area contributed by atoms with E-state index in [1.807, 2.05) is 13.8 Å². The van der Waals surface area contributed by atoms with Gasteiger partial charge in [0.2, 0.25) is 0 Å². The van der Waals surface area contributed by atoms with Gasteiger partial charge in [-0.05, 0) is 46.1 Å². The molecule has 4 N–H and O–H groups in total. The first-order valence-corrected chi connectivity index (χ1v) is 8.42. The standard InChI is InChI=1S/C16H20BrN5O3/c1-9(2)14-13(17)15(21-20-14)16(24)22-19-12(23)8-18-10-4-6-11(25-3)7-5-10/h4-7,9,18H,8H2,1-3H3,(H,19,23)(H,20,21)(H,22,24). The van der Waals surface area contributed by atoms with Crippen molar-refractivity contribution < 1.29 is 14.3 Å². The molecule has 0 saturated heterocycles. The molecule has 8 nitrogen and oxygen atoms in total. The van der Waals surface area contributed by atoms with Crippen LogP contribution in [0, 0.1) is 0 Å². The van der Waals surface area contributed by atoms with Gasteiger partial charge in [0, 0.05) is 5.69 Å². The number of nitrogens with one attached hydrogen (secondary N) is 4. The molecule has 0 bridgehead atoms. The molecule has 2 aromatic rings. The van der Waals surface area contributed by atoms with Gasteiger partial charge in [0.15, 0.2) is 5.69 Å². The van der Waals surface area contributed by atoms with E-state index in [0.29, 0.717) is 4.47 Å². The molecule has 9 heteroatoms. The van der Waals surface area contributed by atoms with Gasteiger partial charge in [0.05, 0.1) is 23.8 Å². The number of hydrogen-bond donors (Lipinski definition) is 4. The van der Waals surface area contributed by atoms with E-state index in [1.165, 1.54) is 0 Å². The summed E-state index contributed by atoms with van der Waals surface area (Å²) in [5.41, 5.74) is 6.44. The van der Waals surface area contributed by atoms with Crippen LogP contribution in [0.2, 0.25) is 0 Å². The minimum absolute atomic E-state index is 0.00554. The van der Waals surface area contributed by atoms with Crippen LogP contribution in [0.25, 0.3) is 0 Å². The van der Waals surface area contributed by atoms with Crippen molar-refractivity contribution in [3.63, 3.8) is 0 Å². The number of ether oxygens (including phenoxy) is 1. The van der Waals surface area contributed by atoms with E-state index in [0.717, 1.165) is 17.1 Å². The van der Waals surface area contributed by atoms with Gasteiger partial charge in [-0.1, -0.05) is 13.8 Å². The van der Waals surface area contributed by atoms with Crippen LogP contribution in [0.5, 0.6) is 5.75 Å². The van der Waals surface area contributed by atoms with Crippen molar-refractivity contribution in [2.24, 2.45) is 0 Å². The molecular weight excluding hydrogens is 390 g/mol. The number of aromatic amines is 1. The van der Waals surface area contributed by atoms with E-state index < -0.39 is 5.91 Å². The van der Waals surface area contributed by atoms with Crippen LogP contribution < -0.4 is 20.9 Å². The molecule has 0 radical (unpaired) electrons. The lowest BCUT2D eigenvalue weighted by Gasteiger charge is -2.09. The van der Waals surface area contributed by atoms with Gasteiger partial charge in [-0.2, -0.15) is 5.10 Å². The molecule has 0 aliphatic rings. The van der Waals surface area contributed by atoms with Gasteiger partial charge >= 0.3 is 0 Å². The fourth-order valence-corrected chi connectivity index (χ4v) is 2.81. The third-order valence-corrected chi connectivity index (χ3v) is 4.19. The largest absolute Gasteiger partial charge is 0.497 e. The molecule has 1 aromatic carbocycles. The number of hydrogen-bond acceptors (Lipinski definition) is 5. The Hall–Kier alpha value is -2.55. The number of carbonyl (C=O) groups excluding carboxylic acids is 2. The van der Waals surface area contributed by atoms with Crippen molar-refractivity contribution in [3.8, 4) is 5.75 Å². The molecule has 0 saturated carbocycles. The smallest absolute Gasteiger partial charge is 0.291 e. The average Bonchev–Trinajstić information content (AvgIpc) is 3.00. The van der Waals surface area contributed by atoms with Crippen LogP contribution in [0.4, 0.5) is 5.69 Å². The highest BCUT2D eigenvalue weighted by Gasteiger charge is 2.19. The highest BCUT2D eigenvalue weighted by molar-refractivity contribution is 9.10. The first kappa shape index (κ1) is 18.8. The Kier molecular flexibility index (Phi) is 6.40. The molecule has 25 heavy (non-hydrogen) atoms. The summed E-state index contributed by atoms with van der Waals surface area (Å²) in [7, 11) is 1.58. The molecule has 0 aliphatic heterocycles. The molecule has 2 amide bonds. The summed E-state index contributed by atoms with van der Waals surface area (Å²) in [6.45, 7) is 3.96. The molecule has 1 heterocycles. The van der Waals surface area contributed by atoms with Crippen LogP contribution >= 0.6 is 15.9 Å². The molecule has 0 spiro atoms. The summed E-state index contributed by atoms with van der Waals surface area (Å²) in [6, 6.07) is 7.14. The summed E-state index contributed by atoms with van der Waals surface area (Å²) in [4.78, 5) is 23.9. The van der Waals surface area contributed by atoms with E-state index in [-0.39, 0.29) is 24.1 Å². The number of benzene rings is 1. The third-order valence-electron chi connectivity index (χ3n) is 3.38. The number of rotatable bonds is 6. The summed E-state index contributed by atoms with van der Waals surface area (Å²) < 4.78 is 5.65. The van der Waals surface area contributed by atoms with Crippen molar-refractivity contribution in [2.45, 2.75) is 19.8 Å². The number of carbonyl (C=O) groups is 2. The maximum absolute atomic E-state index is 12.1. The van der Waals surface area contributed by atoms with E-state index in [9.17, 15) is 9.59 Å². The lowest BCUT2D eigenvalue weighted by molar-refractivity contribution is -0.120. The Labute approximate surface area is 153 Å². The number of aromatic nitrogens is 2. The molecule has 0 fully saturated rings. The fourth-order valence-electron chi connectivity index (χ4n) is 2.00. The topological polar surface area (TPSA) is 108 Å². The second-order valence-corrected chi connectivity index (χ2v) is 6.33. The first-order valence-electron chi connectivity index (χ1n) is 7.63. The number of H-pyrrole nitrogens is 1. The third kappa shape index (κ3) is 4.96. The monoisotopic (exact) mass is 409 g/mol. The Bertz CT molecular complexity index is 743. The van der Waals surface area contributed by atoms with Crippen molar-refractivity contribution in [1.29, 1.82) is 0 Å². The summed E-state index contributed by atoms with van der Waals surface area (Å²) in [5.74, 6) is 0.0204. The zero-order valence-corrected chi connectivity index (χ0v) is 15.7. The minimum atomic E-state index is -0.507.